The van der Waals surface area contributed by atoms with Crippen molar-refractivity contribution in [2.75, 3.05) is 7.11 Å². The van der Waals surface area contributed by atoms with E-state index >= 15 is 0 Å². The number of aryl methyl sites for hydroxylation is 1. The number of halogens is 1. The van der Waals surface area contributed by atoms with Gasteiger partial charge in [-0.15, -0.1) is 0 Å². The van der Waals surface area contributed by atoms with Crippen molar-refractivity contribution in [1.29, 1.82) is 0 Å². The molecule has 4 aromatic rings. The van der Waals surface area contributed by atoms with E-state index in [0.29, 0.717) is 48.3 Å². The van der Waals surface area contributed by atoms with Gasteiger partial charge in [-0.1, -0.05) is 41.1 Å². The van der Waals surface area contributed by atoms with E-state index in [0.717, 1.165) is 11.1 Å². The van der Waals surface area contributed by atoms with Crippen molar-refractivity contribution < 1.29 is 23.5 Å². The van der Waals surface area contributed by atoms with Crippen LogP contribution >= 0.6 is 22.9 Å². The van der Waals surface area contributed by atoms with Crippen molar-refractivity contribution >= 4 is 41.0 Å². The Hall–Kier alpha value is -4.21. The van der Waals surface area contributed by atoms with E-state index in [1.807, 2.05) is 13.0 Å². The molecule has 5 rings (SSSR count). The maximum atomic E-state index is 13.8. The fourth-order valence-corrected chi connectivity index (χ4v) is 5.86. The molecule has 0 bridgehead atoms. The molecule has 8 nitrogen and oxygen atoms in total. The Balaban J connectivity index is 1.58. The van der Waals surface area contributed by atoms with Crippen molar-refractivity contribution in [2.24, 2.45) is 4.99 Å². The maximum Gasteiger partial charge on any atom is 0.338 e. The van der Waals surface area contributed by atoms with Crippen LogP contribution in [0.1, 0.15) is 54.1 Å². The molecule has 2 aromatic carbocycles. The van der Waals surface area contributed by atoms with E-state index in [1.165, 1.54) is 23.0 Å². The van der Waals surface area contributed by atoms with Crippen molar-refractivity contribution in [3.63, 3.8) is 0 Å². The molecule has 0 saturated heterocycles. The summed E-state index contributed by atoms with van der Waals surface area (Å²) in [5.74, 6) is 0.120. The molecule has 0 fully saturated rings. The first-order chi connectivity index (χ1) is 19.6. The minimum atomic E-state index is -0.736. The first-order valence-electron chi connectivity index (χ1n) is 12.9. The predicted molar refractivity (Wildman–Crippen MR) is 157 cm³/mol. The van der Waals surface area contributed by atoms with Crippen LogP contribution in [0, 0.1) is 6.92 Å². The van der Waals surface area contributed by atoms with Crippen LogP contribution in [-0.2, 0) is 14.3 Å². The minimum Gasteiger partial charge on any atom is -0.465 e. The van der Waals surface area contributed by atoms with Crippen LogP contribution in [0.4, 0.5) is 0 Å². The lowest BCUT2D eigenvalue weighted by atomic mass is 9.96. The Morgan fingerprint density at radius 3 is 2.46 bits per heavy atom. The van der Waals surface area contributed by atoms with Gasteiger partial charge in [0, 0.05) is 16.7 Å². The highest BCUT2D eigenvalue weighted by Gasteiger charge is 2.33. The summed E-state index contributed by atoms with van der Waals surface area (Å²) >= 11 is 7.34. The third-order valence-corrected chi connectivity index (χ3v) is 7.82. The van der Waals surface area contributed by atoms with Crippen LogP contribution in [0.5, 0.6) is 0 Å². The lowest BCUT2D eigenvalue weighted by Crippen LogP contribution is -2.40. The first kappa shape index (κ1) is 28.3. The summed E-state index contributed by atoms with van der Waals surface area (Å²) < 4.78 is 18.3. The van der Waals surface area contributed by atoms with E-state index in [9.17, 15) is 14.4 Å². The first-order valence-corrected chi connectivity index (χ1v) is 14.0. The number of fused-ring (bicyclic) bond motifs is 1. The molecule has 0 radical (unpaired) electrons. The zero-order valence-corrected chi connectivity index (χ0v) is 24.6. The largest absolute Gasteiger partial charge is 0.465 e. The highest BCUT2D eigenvalue weighted by atomic mass is 35.5. The lowest BCUT2D eigenvalue weighted by Gasteiger charge is -2.25. The van der Waals surface area contributed by atoms with Crippen molar-refractivity contribution in [2.45, 2.75) is 39.8 Å². The number of aromatic nitrogens is 1. The topological polar surface area (TPSA) is 100 Å². The highest BCUT2D eigenvalue weighted by molar-refractivity contribution is 7.07. The number of thiazole rings is 1. The molecular weight excluding hydrogens is 564 g/mol. The van der Waals surface area contributed by atoms with E-state index in [2.05, 4.69) is 4.99 Å². The van der Waals surface area contributed by atoms with Gasteiger partial charge in [0.25, 0.3) is 5.56 Å². The summed E-state index contributed by atoms with van der Waals surface area (Å²) in [6.07, 6.45) is 1.32. The number of carbonyl (C=O) groups is 2. The van der Waals surface area contributed by atoms with Crippen LogP contribution in [0.2, 0.25) is 5.02 Å². The number of carbonyl (C=O) groups excluding carboxylic acids is 2. The average molecular weight is 591 g/mol. The number of allylic oxidation sites excluding steroid dienone is 1. The molecule has 3 heterocycles. The average Bonchev–Trinajstić information content (AvgIpc) is 3.51. The summed E-state index contributed by atoms with van der Waals surface area (Å²) in [6.45, 7) is 7.16. The number of hydrogen-bond donors (Lipinski definition) is 0. The molecular formula is C31H27ClN2O6S. The Morgan fingerprint density at radius 2 is 1.80 bits per heavy atom. The summed E-state index contributed by atoms with van der Waals surface area (Å²) in [6, 6.07) is 15.1. The number of hydrogen-bond acceptors (Lipinski definition) is 8. The Bertz CT molecular complexity index is 1880. The van der Waals surface area contributed by atoms with Gasteiger partial charge in [0.1, 0.15) is 11.5 Å². The molecule has 41 heavy (non-hydrogen) atoms. The molecule has 2 aromatic heterocycles. The van der Waals surface area contributed by atoms with Gasteiger partial charge in [-0.25, -0.2) is 14.6 Å². The smallest absolute Gasteiger partial charge is 0.338 e. The third-order valence-electron chi connectivity index (χ3n) is 6.58. The SMILES string of the molecule is COC(=O)c1ccc(-c2ccc(/C=c3/sc4n(c3=O)[C@@H](c3ccc(Cl)cc3)C(C(=O)OC(C)C)=C(C)N=4)o2)c(C)c1. The summed E-state index contributed by atoms with van der Waals surface area (Å²) in [5, 5.41) is 0.539. The molecule has 1 atom stereocenters. The number of nitrogens with zero attached hydrogens (tertiary/aromatic N) is 2. The van der Waals surface area contributed by atoms with E-state index < -0.39 is 18.0 Å². The molecule has 1 aliphatic heterocycles. The van der Waals surface area contributed by atoms with Gasteiger partial charge in [0.2, 0.25) is 0 Å². The second kappa shape index (κ2) is 11.3. The Kier molecular flexibility index (Phi) is 7.84. The third kappa shape index (κ3) is 5.55. The van der Waals surface area contributed by atoms with Gasteiger partial charge in [0.05, 0.1) is 40.6 Å². The zero-order chi connectivity index (χ0) is 29.4. The second-order valence-corrected chi connectivity index (χ2v) is 11.3. The Labute approximate surface area is 244 Å². The van der Waals surface area contributed by atoms with Crippen LogP contribution in [0.3, 0.4) is 0 Å². The molecule has 0 aliphatic carbocycles. The summed E-state index contributed by atoms with van der Waals surface area (Å²) in [4.78, 5) is 44.0. The number of rotatable bonds is 6. The van der Waals surface area contributed by atoms with Crippen LogP contribution < -0.4 is 14.9 Å². The van der Waals surface area contributed by atoms with Crippen molar-refractivity contribution in [3.8, 4) is 11.3 Å². The molecule has 210 valence electrons. The maximum absolute atomic E-state index is 13.8. The van der Waals surface area contributed by atoms with Gasteiger partial charge < -0.3 is 13.9 Å². The highest BCUT2D eigenvalue weighted by Crippen LogP contribution is 2.32. The second-order valence-electron chi connectivity index (χ2n) is 9.81. The minimum absolute atomic E-state index is 0.297. The summed E-state index contributed by atoms with van der Waals surface area (Å²) in [7, 11) is 1.34. The number of ether oxygens (including phenoxy) is 2. The quantitative estimate of drug-likeness (QED) is 0.286. The zero-order valence-electron chi connectivity index (χ0n) is 23.1. The van der Waals surface area contributed by atoms with E-state index in [1.54, 1.807) is 75.4 Å². The lowest BCUT2D eigenvalue weighted by molar-refractivity contribution is -0.143. The molecule has 0 saturated carbocycles. The molecule has 0 N–H and O–H groups in total. The fraction of sp³-hybridized carbons (Fsp3) is 0.226. The normalized spacial score (nSPS) is 15.1. The van der Waals surface area contributed by atoms with Crippen molar-refractivity contribution in [3.05, 3.63) is 113 Å². The molecule has 0 unspecified atom stereocenters. The number of furan rings is 1. The van der Waals surface area contributed by atoms with E-state index in [4.69, 9.17) is 25.5 Å². The number of esters is 2. The number of methoxy groups -OCH3 is 1. The Morgan fingerprint density at radius 1 is 1.07 bits per heavy atom. The van der Waals surface area contributed by atoms with Gasteiger partial charge >= 0.3 is 11.9 Å². The van der Waals surface area contributed by atoms with Gasteiger partial charge in [0.15, 0.2) is 4.80 Å². The fourth-order valence-electron chi connectivity index (χ4n) is 4.71. The number of benzene rings is 2. The molecule has 1 aliphatic rings. The molecule has 10 heteroatoms. The monoisotopic (exact) mass is 590 g/mol. The van der Waals surface area contributed by atoms with Crippen LogP contribution in [0.25, 0.3) is 17.4 Å². The molecule has 0 amide bonds. The van der Waals surface area contributed by atoms with Gasteiger partial charge in [-0.05, 0) is 75.2 Å². The van der Waals surface area contributed by atoms with Crippen LogP contribution in [-0.4, -0.2) is 29.7 Å². The van der Waals surface area contributed by atoms with Gasteiger partial charge in [-0.2, -0.15) is 0 Å². The van der Waals surface area contributed by atoms with Gasteiger partial charge in [-0.3, -0.25) is 9.36 Å². The van der Waals surface area contributed by atoms with E-state index in [-0.39, 0.29) is 11.7 Å². The van der Waals surface area contributed by atoms with Crippen molar-refractivity contribution in [1.82, 2.24) is 4.57 Å². The summed E-state index contributed by atoms with van der Waals surface area (Å²) in [5.41, 5.74) is 3.27. The van der Waals surface area contributed by atoms with Crippen LogP contribution in [0.15, 0.2) is 80.1 Å². The molecule has 0 spiro atoms. The predicted octanol–water partition coefficient (Wildman–Crippen LogP) is 5.20. The standard InChI is InChI=1S/C31H27ClN2O6S/c1-16(2)39-30(37)26-18(4)33-31-34(27(26)19-6-9-21(32)10-7-19)28(35)25(41-31)15-22-11-13-24(40-22)23-12-8-20(14-17(23)3)29(36)38-5/h6-16,27H,1-5H3/b25-15+/t27-/m0/s1.